The Labute approximate surface area is 143 Å². The van der Waals surface area contributed by atoms with E-state index >= 15 is 0 Å². The van der Waals surface area contributed by atoms with Gasteiger partial charge in [-0.05, 0) is 44.2 Å². The molecular weight excluding hydrogens is 333 g/mol. The number of ketones is 1. The summed E-state index contributed by atoms with van der Waals surface area (Å²) in [5.74, 6) is -0.600. The lowest BCUT2D eigenvalue weighted by Gasteiger charge is -2.16. The van der Waals surface area contributed by atoms with Crippen LogP contribution in [0.2, 0.25) is 0 Å². The Morgan fingerprint density at radius 2 is 1.64 bits per heavy atom. The summed E-state index contributed by atoms with van der Waals surface area (Å²) >= 11 is 0. The number of anilines is 2. The fraction of sp³-hybridized carbons (Fsp3) is 0.222. The number of amides is 1. The van der Waals surface area contributed by atoms with Gasteiger partial charge in [-0.1, -0.05) is 18.2 Å². The van der Waals surface area contributed by atoms with Gasteiger partial charge in [0, 0.05) is 16.9 Å². The molecule has 0 unspecified atom stereocenters. The van der Waals surface area contributed by atoms with Gasteiger partial charge in [-0.2, -0.15) is 13.2 Å². The van der Waals surface area contributed by atoms with Gasteiger partial charge in [0.25, 0.3) is 0 Å². The molecule has 0 saturated heterocycles. The van der Waals surface area contributed by atoms with Gasteiger partial charge in [-0.3, -0.25) is 9.59 Å². The van der Waals surface area contributed by atoms with Crippen LogP contribution >= 0.6 is 0 Å². The molecule has 0 spiro atoms. The molecule has 0 fully saturated rings. The van der Waals surface area contributed by atoms with E-state index in [9.17, 15) is 22.8 Å². The molecule has 7 heteroatoms. The molecule has 0 aliphatic carbocycles. The van der Waals surface area contributed by atoms with E-state index in [0.717, 1.165) is 12.1 Å². The predicted molar refractivity (Wildman–Crippen MR) is 89.6 cm³/mol. The van der Waals surface area contributed by atoms with E-state index < -0.39 is 23.7 Å². The number of carbonyl (C=O) groups excluding carboxylic acids is 2. The molecule has 0 aliphatic rings. The van der Waals surface area contributed by atoms with Crippen LogP contribution in [0.5, 0.6) is 0 Å². The average molecular weight is 350 g/mol. The zero-order valence-corrected chi connectivity index (χ0v) is 13.6. The molecule has 2 aromatic carbocycles. The number of nitrogens with one attached hydrogen (secondary N) is 2. The highest BCUT2D eigenvalue weighted by Gasteiger charge is 2.30. The van der Waals surface area contributed by atoms with Crippen LogP contribution in [0.15, 0.2) is 48.5 Å². The third-order valence-electron chi connectivity index (χ3n) is 3.50. The Morgan fingerprint density at radius 3 is 2.28 bits per heavy atom. The average Bonchev–Trinajstić information content (AvgIpc) is 2.54. The maximum absolute atomic E-state index is 12.7. The second-order valence-electron chi connectivity index (χ2n) is 5.57. The molecule has 1 atom stereocenters. The normalized spacial score (nSPS) is 12.4. The van der Waals surface area contributed by atoms with E-state index in [-0.39, 0.29) is 11.5 Å². The minimum atomic E-state index is -4.47. The van der Waals surface area contributed by atoms with Crippen molar-refractivity contribution in [2.24, 2.45) is 0 Å². The number of Topliss-reactive ketones (excluding diaryl/α,β-unsaturated/α-hetero) is 1. The molecule has 25 heavy (non-hydrogen) atoms. The number of alkyl halides is 3. The van der Waals surface area contributed by atoms with Crippen LogP contribution in [0.25, 0.3) is 0 Å². The van der Waals surface area contributed by atoms with Crippen LogP contribution in [0.1, 0.15) is 29.8 Å². The van der Waals surface area contributed by atoms with Crippen molar-refractivity contribution in [2.45, 2.75) is 26.1 Å². The molecule has 0 radical (unpaired) electrons. The summed E-state index contributed by atoms with van der Waals surface area (Å²) in [6, 6.07) is 10.3. The van der Waals surface area contributed by atoms with E-state index in [1.165, 1.54) is 19.1 Å². The molecule has 0 aromatic heterocycles. The quantitative estimate of drug-likeness (QED) is 0.789. The number of benzene rings is 2. The van der Waals surface area contributed by atoms with Crippen LogP contribution in [-0.2, 0) is 11.0 Å². The number of carbonyl (C=O) groups is 2. The van der Waals surface area contributed by atoms with Crippen LogP contribution in [-0.4, -0.2) is 17.7 Å². The summed E-state index contributed by atoms with van der Waals surface area (Å²) in [5.41, 5.74) is 0.293. The fourth-order valence-corrected chi connectivity index (χ4v) is 2.17. The zero-order valence-electron chi connectivity index (χ0n) is 13.6. The van der Waals surface area contributed by atoms with Crippen molar-refractivity contribution in [3.8, 4) is 0 Å². The third kappa shape index (κ3) is 5.07. The van der Waals surface area contributed by atoms with E-state index in [1.54, 1.807) is 31.2 Å². The summed E-state index contributed by atoms with van der Waals surface area (Å²) in [6.45, 7) is 3.01. The van der Waals surface area contributed by atoms with Gasteiger partial charge < -0.3 is 10.6 Å². The Bertz CT molecular complexity index is 788. The van der Waals surface area contributed by atoms with Crippen LogP contribution in [0.4, 0.5) is 24.5 Å². The van der Waals surface area contributed by atoms with Crippen molar-refractivity contribution in [3.05, 3.63) is 59.7 Å². The first-order valence-electron chi connectivity index (χ1n) is 7.52. The molecular formula is C18H17F3N2O2. The van der Waals surface area contributed by atoms with Crippen molar-refractivity contribution in [1.82, 2.24) is 0 Å². The van der Waals surface area contributed by atoms with E-state index in [2.05, 4.69) is 10.6 Å². The van der Waals surface area contributed by atoms with Crippen molar-refractivity contribution in [3.63, 3.8) is 0 Å². The molecule has 2 aromatic rings. The maximum atomic E-state index is 12.7. The molecule has 1 amide bonds. The van der Waals surface area contributed by atoms with E-state index in [4.69, 9.17) is 0 Å². The van der Waals surface area contributed by atoms with Gasteiger partial charge in [0.2, 0.25) is 5.91 Å². The topological polar surface area (TPSA) is 58.2 Å². The van der Waals surface area contributed by atoms with Crippen molar-refractivity contribution < 1.29 is 22.8 Å². The molecule has 0 aliphatic heterocycles. The summed E-state index contributed by atoms with van der Waals surface area (Å²) in [6.07, 6.45) is -4.47. The summed E-state index contributed by atoms with van der Waals surface area (Å²) in [7, 11) is 0. The molecule has 0 heterocycles. The minimum Gasteiger partial charge on any atom is -0.374 e. The fourth-order valence-electron chi connectivity index (χ4n) is 2.17. The minimum absolute atomic E-state index is 0.0611. The van der Waals surface area contributed by atoms with Crippen molar-refractivity contribution >= 4 is 23.1 Å². The molecule has 4 nitrogen and oxygen atoms in total. The Kier molecular flexibility index (Phi) is 5.46. The summed E-state index contributed by atoms with van der Waals surface area (Å²) < 4.78 is 38.1. The zero-order chi connectivity index (χ0) is 18.6. The maximum Gasteiger partial charge on any atom is 0.416 e. The van der Waals surface area contributed by atoms with E-state index in [1.807, 2.05) is 0 Å². The summed E-state index contributed by atoms with van der Waals surface area (Å²) in [4.78, 5) is 23.5. The highest BCUT2D eigenvalue weighted by Crippen LogP contribution is 2.30. The lowest BCUT2D eigenvalue weighted by molar-refractivity contribution is -0.137. The monoisotopic (exact) mass is 350 g/mol. The SMILES string of the molecule is CC(=O)c1cccc(N[C@H](C)C(=O)Nc2cccc(C(F)(F)F)c2)c1. The van der Waals surface area contributed by atoms with Gasteiger partial charge in [-0.25, -0.2) is 0 Å². The first kappa shape index (κ1) is 18.5. The van der Waals surface area contributed by atoms with E-state index in [0.29, 0.717) is 11.3 Å². The number of hydrogen-bond acceptors (Lipinski definition) is 3. The van der Waals surface area contributed by atoms with Crippen molar-refractivity contribution in [2.75, 3.05) is 10.6 Å². The van der Waals surface area contributed by atoms with Crippen molar-refractivity contribution in [1.29, 1.82) is 0 Å². The molecule has 0 bridgehead atoms. The first-order valence-corrected chi connectivity index (χ1v) is 7.52. The van der Waals surface area contributed by atoms with Gasteiger partial charge in [0.1, 0.15) is 6.04 Å². The molecule has 2 rings (SSSR count). The predicted octanol–water partition coefficient (Wildman–Crippen LogP) is 4.35. The highest BCUT2D eigenvalue weighted by molar-refractivity contribution is 5.97. The number of hydrogen-bond donors (Lipinski definition) is 2. The van der Waals surface area contributed by atoms with Crippen LogP contribution < -0.4 is 10.6 Å². The molecule has 132 valence electrons. The first-order chi connectivity index (χ1) is 11.7. The Hall–Kier alpha value is -2.83. The number of rotatable bonds is 5. The second-order valence-corrected chi connectivity index (χ2v) is 5.57. The standard InChI is InChI=1S/C18H17F3N2O2/c1-11(22-15-7-3-5-13(9-15)12(2)24)17(25)23-16-8-4-6-14(10-16)18(19,20)21/h3-11,22H,1-2H3,(H,23,25)/t11-/m1/s1. The van der Waals surface area contributed by atoms with Crippen LogP contribution in [0.3, 0.4) is 0 Å². The Morgan fingerprint density at radius 1 is 1.00 bits per heavy atom. The van der Waals surface area contributed by atoms with Gasteiger partial charge in [0.15, 0.2) is 5.78 Å². The highest BCUT2D eigenvalue weighted by atomic mass is 19.4. The smallest absolute Gasteiger partial charge is 0.374 e. The largest absolute Gasteiger partial charge is 0.416 e. The Balaban J connectivity index is 2.06. The molecule has 2 N–H and O–H groups in total. The lowest BCUT2D eigenvalue weighted by atomic mass is 10.1. The number of halogens is 3. The third-order valence-corrected chi connectivity index (χ3v) is 3.50. The van der Waals surface area contributed by atoms with Gasteiger partial charge in [0.05, 0.1) is 5.56 Å². The second kappa shape index (κ2) is 7.38. The summed E-state index contributed by atoms with van der Waals surface area (Å²) in [5, 5.41) is 5.36. The van der Waals surface area contributed by atoms with Gasteiger partial charge in [-0.15, -0.1) is 0 Å². The molecule has 0 saturated carbocycles. The lowest BCUT2D eigenvalue weighted by Crippen LogP contribution is -2.32. The van der Waals surface area contributed by atoms with Gasteiger partial charge >= 0.3 is 6.18 Å². The van der Waals surface area contributed by atoms with Crippen LogP contribution in [0, 0.1) is 0 Å².